The summed E-state index contributed by atoms with van der Waals surface area (Å²) in [5.74, 6) is 2.24. The van der Waals surface area contributed by atoms with E-state index in [0.29, 0.717) is 29.2 Å². The molecular formula is C21H31NO4. The van der Waals surface area contributed by atoms with Crippen LogP contribution in [0.4, 0.5) is 0 Å². The fourth-order valence-corrected chi connectivity index (χ4v) is 3.13. The molecule has 144 valence electrons. The molecule has 0 aliphatic heterocycles. The largest absolute Gasteiger partial charge is 0.493 e. The molecule has 0 aromatic heterocycles. The maximum atomic E-state index is 12.8. The van der Waals surface area contributed by atoms with Crippen molar-refractivity contribution < 1.29 is 19.0 Å². The number of carbonyl (C=O) groups is 1. The van der Waals surface area contributed by atoms with E-state index >= 15 is 0 Å². The zero-order valence-electron chi connectivity index (χ0n) is 16.7. The molecule has 0 saturated heterocycles. The maximum absolute atomic E-state index is 12.8. The summed E-state index contributed by atoms with van der Waals surface area (Å²) in [6.07, 6.45) is 6.73. The lowest BCUT2D eigenvalue weighted by atomic mass is 9.99. The van der Waals surface area contributed by atoms with E-state index in [2.05, 4.69) is 20.8 Å². The van der Waals surface area contributed by atoms with Crippen molar-refractivity contribution in [2.24, 2.45) is 5.92 Å². The minimum atomic E-state index is 0.0639. The van der Waals surface area contributed by atoms with Crippen molar-refractivity contribution in [3.63, 3.8) is 0 Å². The number of hydrogen-bond acceptors (Lipinski definition) is 4. The molecular weight excluding hydrogens is 330 g/mol. The highest BCUT2D eigenvalue weighted by Gasteiger charge is 2.36. The van der Waals surface area contributed by atoms with Crippen LogP contribution in [0.25, 0.3) is 6.08 Å². The van der Waals surface area contributed by atoms with Gasteiger partial charge in [-0.15, -0.1) is 0 Å². The second kappa shape index (κ2) is 8.97. The molecule has 1 aromatic rings. The highest BCUT2D eigenvalue weighted by molar-refractivity contribution is 5.92. The Hall–Kier alpha value is -2.17. The van der Waals surface area contributed by atoms with Crippen LogP contribution in [-0.4, -0.2) is 44.2 Å². The van der Waals surface area contributed by atoms with Gasteiger partial charge in [0, 0.05) is 18.2 Å². The average Bonchev–Trinajstić information content (AvgIpc) is 3.49. The Balaban J connectivity index is 2.23. The molecule has 2 atom stereocenters. The number of methoxy groups -OCH3 is 3. The molecule has 0 heterocycles. The lowest BCUT2D eigenvalue weighted by Gasteiger charge is -2.32. The summed E-state index contributed by atoms with van der Waals surface area (Å²) in [4.78, 5) is 14.9. The third-order valence-electron chi connectivity index (χ3n) is 5.21. The first-order chi connectivity index (χ1) is 12.5. The molecule has 1 aliphatic rings. The third kappa shape index (κ3) is 4.51. The minimum Gasteiger partial charge on any atom is -0.493 e. The first-order valence-corrected chi connectivity index (χ1v) is 9.27. The van der Waals surface area contributed by atoms with Crippen LogP contribution in [0.5, 0.6) is 17.2 Å². The van der Waals surface area contributed by atoms with Crippen LogP contribution in [0.15, 0.2) is 18.2 Å². The Morgan fingerprint density at radius 1 is 1.15 bits per heavy atom. The van der Waals surface area contributed by atoms with Crippen molar-refractivity contribution in [3.8, 4) is 17.2 Å². The van der Waals surface area contributed by atoms with E-state index in [-0.39, 0.29) is 11.9 Å². The molecule has 2 rings (SSSR count). The lowest BCUT2D eigenvalue weighted by Crippen LogP contribution is -2.42. The van der Waals surface area contributed by atoms with Crippen LogP contribution < -0.4 is 14.2 Å². The Kier molecular flexibility index (Phi) is 6.95. The van der Waals surface area contributed by atoms with Crippen molar-refractivity contribution in [1.82, 2.24) is 4.90 Å². The molecule has 0 bridgehead atoms. The number of ether oxygens (including phenoxy) is 3. The summed E-state index contributed by atoms with van der Waals surface area (Å²) >= 11 is 0. The van der Waals surface area contributed by atoms with E-state index in [1.807, 2.05) is 23.1 Å². The predicted octanol–water partition coefficient (Wildman–Crippen LogP) is 4.15. The highest BCUT2D eigenvalue weighted by atomic mass is 16.5. The van der Waals surface area contributed by atoms with Crippen molar-refractivity contribution in [3.05, 3.63) is 23.8 Å². The monoisotopic (exact) mass is 361 g/mol. The van der Waals surface area contributed by atoms with Crippen LogP contribution in [-0.2, 0) is 4.79 Å². The topological polar surface area (TPSA) is 48.0 Å². The van der Waals surface area contributed by atoms with Gasteiger partial charge >= 0.3 is 0 Å². The van der Waals surface area contributed by atoms with Crippen molar-refractivity contribution in [1.29, 1.82) is 0 Å². The van der Waals surface area contributed by atoms with Crippen molar-refractivity contribution >= 4 is 12.0 Å². The van der Waals surface area contributed by atoms with Gasteiger partial charge in [0.05, 0.1) is 21.3 Å². The molecule has 1 aromatic carbocycles. The van der Waals surface area contributed by atoms with Crippen LogP contribution in [0.2, 0.25) is 0 Å². The Morgan fingerprint density at radius 2 is 1.73 bits per heavy atom. The molecule has 1 fully saturated rings. The zero-order valence-corrected chi connectivity index (χ0v) is 16.7. The summed E-state index contributed by atoms with van der Waals surface area (Å²) in [6, 6.07) is 4.30. The second-order valence-corrected chi connectivity index (χ2v) is 6.89. The second-order valence-electron chi connectivity index (χ2n) is 6.89. The van der Waals surface area contributed by atoms with Gasteiger partial charge in [0.25, 0.3) is 0 Å². The smallest absolute Gasteiger partial charge is 0.247 e. The number of rotatable bonds is 9. The van der Waals surface area contributed by atoms with Crippen molar-refractivity contribution in [2.75, 3.05) is 21.3 Å². The zero-order chi connectivity index (χ0) is 19.3. The SMILES string of the molecule is CCC(C)C(C)N(C(=O)/C=C/c1cc(OC)c(OC)c(OC)c1)C1CC1. The predicted molar refractivity (Wildman–Crippen MR) is 104 cm³/mol. The molecule has 5 nitrogen and oxygen atoms in total. The minimum absolute atomic E-state index is 0.0639. The number of nitrogens with zero attached hydrogens (tertiary/aromatic N) is 1. The molecule has 1 amide bonds. The number of carbonyl (C=O) groups excluding carboxylic acids is 1. The van der Waals surface area contributed by atoms with Crippen LogP contribution >= 0.6 is 0 Å². The molecule has 0 radical (unpaired) electrons. The molecule has 5 heteroatoms. The summed E-state index contributed by atoms with van der Waals surface area (Å²) in [7, 11) is 4.74. The van der Waals surface area contributed by atoms with E-state index < -0.39 is 0 Å². The average molecular weight is 361 g/mol. The Morgan fingerprint density at radius 3 is 2.15 bits per heavy atom. The van der Waals surface area contributed by atoms with E-state index in [4.69, 9.17) is 14.2 Å². The van der Waals surface area contributed by atoms with E-state index in [9.17, 15) is 4.79 Å². The van der Waals surface area contributed by atoms with Crippen LogP contribution in [0.1, 0.15) is 45.6 Å². The number of hydrogen-bond donors (Lipinski definition) is 0. The first kappa shape index (κ1) is 20.1. The fraction of sp³-hybridized carbons (Fsp3) is 0.571. The summed E-state index contributed by atoms with van der Waals surface area (Å²) in [6.45, 7) is 6.52. The van der Waals surface area contributed by atoms with Gasteiger partial charge in [-0.05, 0) is 49.5 Å². The fourth-order valence-electron chi connectivity index (χ4n) is 3.13. The van der Waals surface area contributed by atoms with Crippen LogP contribution in [0, 0.1) is 5.92 Å². The third-order valence-corrected chi connectivity index (χ3v) is 5.21. The van der Waals surface area contributed by atoms with Gasteiger partial charge < -0.3 is 19.1 Å². The van der Waals surface area contributed by atoms with Crippen molar-refractivity contribution in [2.45, 2.75) is 52.1 Å². The highest BCUT2D eigenvalue weighted by Crippen LogP contribution is 2.38. The number of amides is 1. The summed E-state index contributed by atoms with van der Waals surface area (Å²) in [5.41, 5.74) is 0.833. The molecule has 0 N–H and O–H groups in total. The van der Waals surface area contributed by atoms with Gasteiger partial charge in [-0.25, -0.2) is 0 Å². The number of benzene rings is 1. The van der Waals surface area contributed by atoms with Gasteiger partial charge in [0.15, 0.2) is 11.5 Å². The molecule has 0 spiro atoms. The standard InChI is InChI=1S/C21H31NO4/c1-7-14(2)15(3)22(17-9-10-17)20(23)11-8-16-12-18(24-4)21(26-6)19(13-16)25-5/h8,11-15,17H,7,9-10H2,1-6H3/b11-8+. The maximum Gasteiger partial charge on any atom is 0.247 e. The van der Waals surface area contributed by atoms with Gasteiger partial charge in [0.2, 0.25) is 11.7 Å². The van der Waals surface area contributed by atoms with E-state index in [1.165, 1.54) is 0 Å². The first-order valence-electron chi connectivity index (χ1n) is 9.27. The van der Waals surface area contributed by atoms with E-state index in [0.717, 1.165) is 24.8 Å². The van der Waals surface area contributed by atoms with Crippen LogP contribution in [0.3, 0.4) is 0 Å². The van der Waals surface area contributed by atoms with Gasteiger partial charge in [-0.1, -0.05) is 20.3 Å². The van der Waals surface area contributed by atoms with Gasteiger partial charge in [-0.3, -0.25) is 4.79 Å². The molecule has 1 saturated carbocycles. The Labute approximate surface area is 156 Å². The normalized spacial score (nSPS) is 16.2. The lowest BCUT2D eigenvalue weighted by molar-refractivity contribution is -0.129. The summed E-state index contributed by atoms with van der Waals surface area (Å²) in [5, 5.41) is 0. The molecule has 1 aliphatic carbocycles. The Bertz CT molecular complexity index is 626. The molecule has 26 heavy (non-hydrogen) atoms. The quantitative estimate of drug-likeness (QED) is 0.620. The summed E-state index contributed by atoms with van der Waals surface area (Å²) < 4.78 is 16.1. The van der Waals surface area contributed by atoms with Gasteiger partial charge in [0.1, 0.15) is 0 Å². The van der Waals surface area contributed by atoms with Gasteiger partial charge in [-0.2, -0.15) is 0 Å². The van der Waals surface area contributed by atoms with E-state index in [1.54, 1.807) is 27.4 Å². The molecule has 2 unspecified atom stereocenters.